The van der Waals surface area contributed by atoms with Crippen LogP contribution in [-0.2, 0) is 0 Å². The van der Waals surface area contributed by atoms with Crippen LogP contribution < -0.4 is 16.0 Å². The summed E-state index contributed by atoms with van der Waals surface area (Å²) in [5.41, 5.74) is 9.49. The van der Waals surface area contributed by atoms with Crippen molar-refractivity contribution in [2.24, 2.45) is 5.73 Å². The molecule has 1 heterocycles. The van der Waals surface area contributed by atoms with Crippen molar-refractivity contribution in [3.05, 3.63) is 59.7 Å². The minimum atomic E-state index is -0.396. The van der Waals surface area contributed by atoms with Crippen LogP contribution in [0.4, 0.5) is 11.4 Å². The molecule has 5 nitrogen and oxygen atoms in total. The first-order valence-electron chi connectivity index (χ1n) is 9.23. The van der Waals surface area contributed by atoms with E-state index in [-0.39, 0.29) is 6.04 Å². The largest absolute Gasteiger partial charge is 0.381 e. The van der Waals surface area contributed by atoms with Gasteiger partial charge in [-0.15, -0.1) is 0 Å². The van der Waals surface area contributed by atoms with E-state index >= 15 is 0 Å². The molecule has 0 radical (unpaired) electrons. The highest BCUT2D eigenvalue weighted by atomic mass is 16.1. The molecule has 1 unspecified atom stereocenters. The van der Waals surface area contributed by atoms with E-state index in [0.717, 1.165) is 38.4 Å². The van der Waals surface area contributed by atoms with Crippen molar-refractivity contribution >= 4 is 17.3 Å². The van der Waals surface area contributed by atoms with Gasteiger partial charge in [0.1, 0.15) is 0 Å². The minimum absolute atomic E-state index is 0.237. The van der Waals surface area contributed by atoms with Gasteiger partial charge in [-0.2, -0.15) is 0 Å². The number of para-hydroxylation sites is 2. The van der Waals surface area contributed by atoms with Gasteiger partial charge in [-0.3, -0.25) is 9.69 Å². The van der Waals surface area contributed by atoms with Crippen molar-refractivity contribution < 1.29 is 4.79 Å². The molecule has 0 saturated carbocycles. The van der Waals surface area contributed by atoms with Crippen LogP contribution in [0, 0.1) is 6.92 Å². The van der Waals surface area contributed by atoms with Crippen LogP contribution in [0.5, 0.6) is 0 Å². The highest BCUT2D eigenvalue weighted by Crippen LogP contribution is 2.21. The SMILES string of the molecule is Cc1ccccc1N1CCN(CC(C)Nc2ccccc2C(N)=O)CC1. The number of benzene rings is 2. The molecule has 1 saturated heterocycles. The lowest BCUT2D eigenvalue weighted by atomic mass is 10.1. The number of carbonyl (C=O) groups is 1. The number of amides is 1. The third kappa shape index (κ3) is 4.35. The van der Waals surface area contributed by atoms with Gasteiger partial charge < -0.3 is 16.0 Å². The zero-order valence-electron chi connectivity index (χ0n) is 15.6. The molecule has 26 heavy (non-hydrogen) atoms. The van der Waals surface area contributed by atoms with Gasteiger partial charge in [0.2, 0.25) is 0 Å². The molecule has 1 amide bonds. The number of hydrogen-bond acceptors (Lipinski definition) is 4. The Balaban J connectivity index is 1.53. The third-order valence-electron chi connectivity index (χ3n) is 4.95. The highest BCUT2D eigenvalue weighted by molar-refractivity contribution is 5.98. The summed E-state index contributed by atoms with van der Waals surface area (Å²) in [5.74, 6) is -0.396. The molecule has 0 aromatic heterocycles. The van der Waals surface area contributed by atoms with E-state index in [9.17, 15) is 4.79 Å². The van der Waals surface area contributed by atoms with Crippen LogP contribution in [0.15, 0.2) is 48.5 Å². The predicted octanol–water partition coefficient (Wildman–Crippen LogP) is 2.72. The van der Waals surface area contributed by atoms with E-state index in [0.29, 0.717) is 5.56 Å². The van der Waals surface area contributed by atoms with Gasteiger partial charge in [-0.05, 0) is 37.6 Å². The van der Waals surface area contributed by atoms with E-state index in [1.54, 1.807) is 6.07 Å². The maximum absolute atomic E-state index is 11.6. The van der Waals surface area contributed by atoms with E-state index in [2.05, 4.69) is 53.2 Å². The average Bonchev–Trinajstić information content (AvgIpc) is 2.63. The Bertz CT molecular complexity index is 753. The molecule has 2 aromatic carbocycles. The number of primary amides is 1. The number of nitrogens with zero attached hydrogens (tertiary/aromatic N) is 2. The lowest BCUT2D eigenvalue weighted by molar-refractivity contribution is 0.100. The van der Waals surface area contributed by atoms with Gasteiger partial charge in [-0.25, -0.2) is 0 Å². The highest BCUT2D eigenvalue weighted by Gasteiger charge is 2.20. The quantitative estimate of drug-likeness (QED) is 0.839. The lowest BCUT2D eigenvalue weighted by Gasteiger charge is -2.38. The number of aryl methyl sites for hydroxylation is 1. The number of piperazine rings is 1. The van der Waals surface area contributed by atoms with E-state index in [1.807, 2.05) is 18.2 Å². The number of nitrogens with two attached hydrogens (primary N) is 1. The summed E-state index contributed by atoms with van der Waals surface area (Å²) in [6.07, 6.45) is 0. The van der Waals surface area contributed by atoms with Gasteiger partial charge in [0, 0.05) is 50.1 Å². The zero-order valence-corrected chi connectivity index (χ0v) is 15.6. The maximum Gasteiger partial charge on any atom is 0.250 e. The van der Waals surface area contributed by atoms with E-state index in [4.69, 9.17) is 5.73 Å². The Hall–Kier alpha value is -2.53. The van der Waals surface area contributed by atoms with Gasteiger partial charge in [0.25, 0.3) is 5.91 Å². The molecule has 1 fully saturated rings. The molecular formula is C21H28N4O. The summed E-state index contributed by atoms with van der Waals surface area (Å²) in [4.78, 5) is 16.5. The molecule has 138 valence electrons. The zero-order chi connectivity index (χ0) is 18.5. The Labute approximate surface area is 155 Å². The van der Waals surface area contributed by atoms with Crippen molar-refractivity contribution in [1.82, 2.24) is 4.90 Å². The van der Waals surface area contributed by atoms with Gasteiger partial charge in [0.05, 0.1) is 5.56 Å². The van der Waals surface area contributed by atoms with Crippen LogP contribution >= 0.6 is 0 Å². The smallest absolute Gasteiger partial charge is 0.250 e. The van der Waals surface area contributed by atoms with Crippen LogP contribution in [0.1, 0.15) is 22.8 Å². The van der Waals surface area contributed by atoms with E-state index in [1.165, 1.54) is 11.3 Å². The minimum Gasteiger partial charge on any atom is -0.381 e. The summed E-state index contributed by atoms with van der Waals surface area (Å²) in [5, 5.41) is 3.44. The fourth-order valence-electron chi connectivity index (χ4n) is 3.61. The molecule has 1 aliphatic heterocycles. The first-order valence-corrected chi connectivity index (χ1v) is 9.23. The fourth-order valence-corrected chi connectivity index (χ4v) is 3.61. The fraction of sp³-hybridized carbons (Fsp3) is 0.381. The number of rotatable bonds is 6. The van der Waals surface area contributed by atoms with Crippen molar-refractivity contribution in [2.75, 3.05) is 42.9 Å². The van der Waals surface area contributed by atoms with Gasteiger partial charge >= 0.3 is 0 Å². The Morgan fingerprint density at radius 2 is 1.73 bits per heavy atom. The van der Waals surface area contributed by atoms with Crippen molar-refractivity contribution in [3.63, 3.8) is 0 Å². The first kappa shape index (κ1) is 18.3. The summed E-state index contributed by atoms with van der Waals surface area (Å²) < 4.78 is 0. The van der Waals surface area contributed by atoms with Crippen molar-refractivity contribution in [1.29, 1.82) is 0 Å². The second kappa shape index (κ2) is 8.23. The Morgan fingerprint density at radius 1 is 1.08 bits per heavy atom. The first-order chi connectivity index (χ1) is 12.5. The van der Waals surface area contributed by atoms with Crippen molar-refractivity contribution in [3.8, 4) is 0 Å². The summed E-state index contributed by atoms with van der Waals surface area (Å²) in [6, 6.07) is 16.2. The van der Waals surface area contributed by atoms with Crippen LogP contribution in [0.2, 0.25) is 0 Å². The number of carbonyl (C=O) groups excluding carboxylic acids is 1. The normalized spacial score (nSPS) is 16.3. The van der Waals surface area contributed by atoms with Crippen LogP contribution in [0.25, 0.3) is 0 Å². The number of anilines is 2. The Kier molecular flexibility index (Phi) is 5.78. The molecule has 5 heteroatoms. The van der Waals surface area contributed by atoms with Crippen LogP contribution in [-0.4, -0.2) is 49.6 Å². The van der Waals surface area contributed by atoms with E-state index < -0.39 is 5.91 Å². The number of hydrogen-bond donors (Lipinski definition) is 2. The van der Waals surface area contributed by atoms with Gasteiger partial charge in [-0.1, -0.05) is 30.3 Å². The molecular weight excluding hydrogens is 324 g/mol. The molecule has 0 aliphatic carbocycles. The van der Waals surface area contributed by atoms with Gasteiger partial charge in [0.15, 0.2) is 0 Å². The number of nitrogens with one attached hydrogen (secondary N) is 1. The second-order valence-corrected chi connectivity index (χ2v) is 7.03. The summed E-state index contributed by atoms with van der Waals surface area (Å²) in [7, 11) is 0. The van der Waals surface area contributed by atoms with Crippen molar-refractivity contribution in [2.45, 2.75) is 19.9 Å². The second-order valence-electron chi connectivity index (χ2n) is 7.03. The summed E-state index contributed by atoms with van der Waals surface area (Å²) >= 11 is 0. The standard InChI is InChI=1S/C21H28N4O/c1-16-7-3-6-10-20(16)25-13-11-24(12-14-25)15-17(2)23-19-9-5-4-8-18(19)21(22)26/h3-10,17,23H,11-15H2,1-2H3,(H2,22,26). The maximum atomic E-state index is 11.6. The molecule has 0 bridgehead atoms. The molecule has 3 rings (SSSR count). The molecule has 2 aromatic rings. The molecule has 1 aliphatic rings. The monoisotopic (exact) mass is 352 g/mol. The topological polar surface area (TPSA) is 61.6 Å². The third-order valence-corrected chi connectivity index (χ3v) is 4.95. The molecule has 1 atom stereocenters. The predicted molar refractivity (Wildman–Crippen MR) is 108 cm³/mol. The lowest BCUT2D eigenvalue weighted by Crippen LogP contribution is -2.49. The Morgan fingerprint density at radius 3 is 2.42 bits per heavy atom. The summed E-state index contributed by atoms with van der Waals surface area (Å²) in [6.45, 7) is 9.41. The molecule has 0 spiro atoms. The van der Waals surface area contributed by atoms with Crippen LogP contribution in [0.3, 0.4) is 0 Å². The average molecular weight is 352 g/mol. The molecule has 3 N–H and O–H groups in total.